The molecule has 0 aliphatic heterocycles. The van der Waals surface area contributed by atoms with E-state index >= 15 is 0 Å². The van der Waals surface area contributed by atoms with Gasteiger partial charge in [0, 0.05) is 12.8 Å². The average Bonchev–Trinajstić information content (AvgIpc) is 2.28. The number of carboxylic acid groups (broad SMARTS) is 1. The molecule has 0 fully saturated rings. The third-order valence-electron chi connectivity index (χ3n) is 2.73. The van der Waals surface area contributed by atoms with Crippen LogP contribution in [-0.2, 0) is 9.59 Å². The van der Waals surface area contributed by atoms with Gasteiger partial charge in [-0.25, -0.2) is 0 Å². The van der Waals surface area contributed by atoms with Crippen molar-refractivity contribution in [2.75, 3.05) is 0 Å². The van der Waals surface area contributed by atoms with Crippen molar-refractivity contribution in [3.05, 3.63) is 35.9 Å². The van der Waals surface area contributed by atoms with Crippen molar-refractivity contribution in [2.24, 2.45) is 5.92 Å². The highest BCUT2D eigenvalue weighted by atomic mass is 16.4. The highest BCUT2D eigenvalue weighted by Gasteiger charge is 2.14. The number of carboxylic acids is 1. The molecule has 0 heterocycles. The van der Waals surface area contributed by atoms with E-state index in [4.69, 9.17) is 5.11 Å². The molecule has 1 rings (SSSR count). The molecule has 4 nitrogen and oxygen atoms in total. The van der Waals surface area contributed by atoms with E-state index in [9.17, 15) is 9.59 Å². The molecule has 0 aliphatic rings. The summed E-state index contributed by atoms with van der Waals surface area (Å²) >= 11 is 0. The van der Waals surface area contributed by atoms with E-state index in [0.29, 0.717) is 0 Å². The van der Waals surface area contributed by atoms with E-state index in [0.717, 1.165) is 5.56 Å². The van der Waals surface area contributed by atoms with Gasteiger partial charge in [0.15, 0.2) is 0 Å². The number of benzene rings is 1. The molecular weight excluding hydrogens is 230 g/mol. The fraction of sp³-hybridized carbons (Fsp3) is 0.429. The summed E-state index contributed by atoms with van der Waals surface area (Å²) in [6.45, 7) is 3.68. The minimum Gasteiger partial charge on any atom is -0.481 e. The molecule has 0 saturated heterocycles. The Kier molecular flexibility index (Phi) is 5.36. The summed E-state index contributed by atoms with van der Waals surface area (Å²) in [5, 5.41) is 11.5. The summed E-state index contributed by atoms with van der Waals surface area (Å²) in [4.78, 5) is 22.2. The molecule has 1 aromatic carbocycles. The average molecular weight is 249 g/mol. The number of aliphatic carboxylic acids is 1. The summed E-state index contributed by atoms with van der Waals surface area (Å²) in [5.74, 6) is -1.13. The molecule has 2 atom stereocenters. The maximum atomic E-state index is 11.7. The lowest BCUT2D eigenvalue weighted by atomic mass is 10.0. The molecule has 1 aromatic rings. The van der Waals surface area contributed by atoms with Crippen molar-refractivity contribution < 1.29 is 14.7 Å². The van der Waals surface area contributed by atoms with Crippen molar-refractivity contribution in [1.29, 1.82) is 0 Å². The Morgan fingerprint density at radius 2 is 1.78 bits per heavy atom. The van der Waals surface area contributed by atoms with Gasteiger partial charge in [0.25, 0.3) is 0 Å². The first kappa shape index (κ1) is 14.2. The normalized spacial score (nSPS) is 13.7. The van der Waals surface area contributed by atoms with Crippen LogP contribution in [-0.4, -0.2) is 17.0 Å². The van der Waals surface area contributed by atoms with Crippen molar-refractivity contribution >= 4 is 11.9 Å². The zero-order valence-corrected chi connectivity index (χ0v) is 10.7. The quantitative estimate of drug-likeness (QED) is 0.813. The standard InChI is InChI=1S/C14H19NO3/c1-10(9-14(17)18)8-13(16)15-11(2)12-6-4-3-5-7-12/h3-7,10-11H,8-9H2,1-2H3,(H,15,16)(H,17,18)/t10-,11-/m1/s1. The second-order valence-corrected chi connectivity index (χ2v) is 4.61. The first-order valence-electron chi connectivity index (χ1n) is 6.05. The van der Waals surface area contributed by atoms with E-state index in [-0.39, 0.29) is 30.7 Å². The number of carbonyl (C=O) groups is 2. The summed E-state index contributed by atoms with van der Waals surface area (Å²) in [6.07, 6.45) is 0.261. The maximum absolute atomic E-state index is 11.7. The number of amides is 1. The molecule has 0 aromatic heterocycles. The van der Waals surface area contributed by atoms with Gasteiger partial charge in [-0.05, 0) is 18.4 Å². The van der Waals surface area contributed by atoms with Crippen LogP contribution < -0.4 is 5.32 Å². The molecule has 1 amide bonds. The van der Waals surface area contributed by atoms with Gasteiger partial charge < -0.3 is 10.4 Å². The molecule has 0 saturated carbocycles. The lowest BCUT2D eigenvalue weighted by Gasteiger charge is -2.15. The van der Waals surface area contributed by atoms with Gasteiger partial charge in [-0.15, -0.1) is 0 Å². The van der Waals surface area contributed by atoms with Gasteiger partial charge >= 0.3 is 5.97 Å². The van der Waals surface area contributed by atoms with E-state index < -0.39 is 5.97 Å². The van der Waals surface area contributed by atoms with Crippen molar-refractivity contribution in [2.45, 2.75) is 32.7 Å². The fourth-order valence-electron chi connectivity index (χ4n) is 1.81. The smallest absolute Gasteiger partial charge is 0.303 e. The summed E-state index contributed by atoms with van der Waals surface area (Å²) in [6, 6.07) is 9.61. The van der Waals surface area contributed by atoms with Gasteiger partial charge in [-0.2, -0.15) is 0 Å². The second-order valence-electron chi connectivity index (χ2n) is 4.61. The van der Waals surface area contributed by atoms with Gasteiger partial charge in [0.1, 0.15) is 0 Å². The van der Waals surface area contributed by atoms with Crippen LogP contribution in [0.4, 0.5) is 0 Å². The van der Waals surface area contributed by atoms with Gasteiger partial charge in [-0.3, -0.25) is 9.59 Å². The molecule has 0 bridgehead atoms. The molecule has 0 radical (unpaired) electrons. The third-order valence-corrected chi connectivity index (χ3v) is 2.73. The number of nitrogens with one attached hydrogen (secondary N) is 1. The molecule has 0 spiro atoms. The summed E-state index contributed by atoms with van der Waals surface area (Å²) in [5.41, 5.74) is 1.04. The molecule has 4 heteroatoms. The summed E-state index contributed by atoms with van der Waals surface area (Å²) in [7, 11) is 0. The monoisotopic (exact) mass is 249 g/mol. The van der Waals surface area contributed by atoms with Gasteiger partial charge in [0.05, 0.1) is 6.04 Å². The maximum Gasteiger partial charge on any atom is 0.303 e. The van der Waals surface area contributed by atoms with Crippen LogP contribution in [0.25, 0.3) is 0 Å². The predicted molar refractivity (Wildman–Crippen MR) is 69.0 cm³/mol. The van der Waals surface area contributed by atoms with Crippen LogP contribution >= 0.6 is 0 Å². The Morgan fingerprint density at radius 3 is 2.33 bits per heavy atom. The number of rotatable bonds is 6. The van der Waals surface area contributed by atoms with Crippen molar-refractivity contribution in [3.63, 3.8) is 0 Å². The topological polar surface area (TPSA) is 66.4 Å². The van der Waals surface area contributed by atoms with E-state index in [1.807, 2.05) is 37.3 Å². The van der Waals surface area contributed by atoms with Crippen LogP contribution in [0.15, 0.2) is 30.3 Å². The van der Waals surface area contributed by atoms with Gasteiger partial charge in [0.2, 0.25) is 5.91 Å². The zero-order chi connectivity index (χ0) is 13.5. The van der Waals surface area contributed by atoms with Gasteiger partial charge in [-0.1, -0.05) is 37.3 Å². The highest BCUT2D eigenvalue weighted by molar-refractivity contribution is 5.77. The Morgan fingerprint density at radius 1 is 1.17 bits per heavy atom. The Bertz CT molecular complexity index is 403. The zero-order valence-electron chi connectivity index (χ0n) is 10.7. The lowest BCUT2D eigenvalue weighted by Crippen LogP contribution is -2.28. The van der Waals surface area contributed by atoms with E-state index in [1.54, 1.807) is 6.92 Å². The first-order valence-corrected chi connectivity index (χ1v) is 6.05. The van der Waals surface area contributed by atoms with Crippen LogP contribution in [0.1, 0.15) is 38.3 Å². The Labute approximate surface area is 107 Å². The van der Waals surface area contributed by atoms with Crippen LogP contribution in [0.5, 0.6) is 0 Å². The van der Waals surface area contributed by atoms with Crippen LogP contribution in [0.2, 0.25) is 0 Å². The highest BCUT2D eigenvalue weighted by Crippen LogP contribution is 2.13. The molecule has 0 aliphatic carbocycles. The molecular formula is C14H19NO3. The number of hydrogen-bond acceptors (Lipinski definition) is 2. The SMILES string of the molecule is C[C@@H](CC(=O)O)CC(=O)N[C@H](C)c1ccccc1. The van der Waals surface area contributed by atoms with Crippen molar-refractivity contribution in [3.8, 4) is 0 Å². The third kappa shape index (κ3) is 4.99. The molecule has 18 heavy (non-hydrogen) atoms. The predicted octanol–water partition coefficient (Wildman–Crippen LogP) is 2.36. The minimum atomic E-state index is -0.869. The minimum absolute atomic E-state index is 0.0210. The van der Waals surface area contributed by atoms with E-state index in [1.165, 1.54) is 0 Å². The fourth-order valence-corrected chi connectivity index (χ4v) is 1.81. The molecule has 2 N–H and O–H groups in total. The second kappa shape index (κ2) is 6.79. The first-order chi connectivity index (χ1) is 8.49. The summed E-state index contributed by atoms with van der Waals surface area (Å²) < 4.78 is 0. The van der Waals surface area contributed by atoms with E-state index in [2.05, 4.69) is 5.32 Å². The number of carbonyl (C=O) groups excluding carboxylic acids is 1. The van der Waals surface area contributed by atoms with Crippen LogP contribution in [0.3, 0.4) is 0 Å². The molecule has 0 unspecified atom stereocenters. The Balaban J connectivity index is 2.43. The lowest BCUT2D eigenvalue weighted by molar-refractivity contribution is -0.138. The largest absolute Gasteiger partial charge is 0.481 e. The van der Waals surface area contributed by atoms with Crippen LogP contribution in [0, 0.1) is 5.92 Å². The number of hydrogen-bond donors (Lipinski definition) is 2. The Hall–Kier alpha value is -1.84. The molecule has 98 valence electrons. The van der Waals surface area contributed by atoms with Crippen molar-refractivity contribution in [1.82, 2.24) is 5.32 Å².